The van der Waals surface area contributed by atoms with Crippen molar-refractivity contribution >= 4 is 17.5 Å². The zero-order valence-electron chi connectivity index (χ0n) is 12.5. The second-order valence-corrected chi connectivity index (χ2v) is 5.32. The molecule has 24 heavy (non-hydrogen) atoms. The van der Waals surface area contributed by atoms with Crippen molar-refractivity contribution in [2.75, 3.05) is 20.2 Å². The average Bonchev–Trinajstić information content (AvgIpc) is 2.55. The molecule has 0 fully saturated rings. The number of benzene rings is 2. The first-order chi connectivity index (χ1) is 11.3. The molecule has 0 unspecified atom stereocenters. The molecule has 1 amide bonds. The van der Waals surface area contributed by atoms with Crippen molar-refractivity contribution in [1.82, 2.24) is 4.90 Å². The van der Waals surface area contributed by atoms with Crippen molar-refractivity contribution in [3.8, 4) is 5.75 Å². The molecule has 0 aliphatic rings. The molecule has 8 heteroatoms. The predicted octanol–water partition coefficient (Wildman–Crippen LogP) is 4.05. The molecule has 0 heterocycles. The third-order valence-corrected chi connectivity index (χ3v) is 3.41. The lowest BCUT2D eigenvalue weighted by atomic mass is 10.1. The van der Waals surface area contributed by atoms with Crippen LogP contribution in [0.3, 0.4) is 0 Å². The fourth-order valence-electron chi connectivity index (χ4n) is 1.89. The van der Waals surface area contributed by atoms with E-state index in [0.29, 0.717) is 16.8 Å². The SMILES string of the molecule is CN(CCOc1cccc(Cl)c1)C(=O)c1cc(F)c(F)c(F)c1F. The van der Waals surface area contributed by atoms with Crippen molar-refractivity contribution in [2.24, 2.45) is 0 Å². The van der Waals surface area contributed by atoms with Crippen molar-refractivity contribution in [2.45, 2.75) is 0 Å². The summed E-state index contributed by atoms with van der Waals surface area (Å²) in [6, 6.07) is 6.87. The van der Waals surface area contributed by atoms with E-state index in [9.17, 15) is 22.4 Å². The highest BCUT2D eigenvalue weighted by molar-refractivity contribution is 6.30. The smallest absolute Gasteiger partial charge is 0.256 e. The number of hydrogen-bond donors (Lipinski definition) is 0. The van der Waals surface area contributed by atoms with Crippen LogP contribution in [0.5, 0.6) is 5.75 Å². The standard InChI is InChI=1S/C16H12ClF4NO2/c1-22(5-6-24-10-4-2-3-9(17)7-10)16(23)11-8-12(18)14(20)15(21)13(11)19/h2-4,7-8H,5-6H2,1H3. The van der Waals surface area contributed by atoms with E-state index in [4.69, 9.17) is 16.3 Å². The van der Waals surface area contributed by atoms with E-state index >= 15 is 0 Å². The lowest BCUT2D eigenvalue weighted by Crippen LogP contribution is -2.32. The molecule has 0 atom stereocenters. The summed E-state index contributed by atoms with van der Waals surface area (Å²) in [5, 5.41) is 0.469. The van der Waals surface area contributed by atoms with Gasteiger partial charge in [-0.2, -0.15) is 0 Å². The maximum Gasteiger partial charge on any atom is 0.256 e. The van der Waals surface area contributed by atoms with E-state index < -0.39 is 34.7 Å². The second-order valence-electron chi connectivity index (χ2n) is 4.88. The third-order valence-electron chi connectivity index (χ3n) is 3.17. The minimum atomic E-state index is -2.03. The van der Waals surface area contributed by atoms with Gasteiger partial charge in [-0.05, 0) is 24.3 Å². The van der Waals surface area contributed by atoms with E-state index in [1.165, 1.54) is 7.05 Å². The summed E-state index contributed by atoms with van der Waals surface area (Å²) in [6.45, 7) is 0.0434. The second kappa shape index (κ2) is 7.53. The highest BCUT2D eigenvalue weighted by atomic mass is 35.5. The van der Waals surface area contributed by atoms with E-state index in [-0.39, 0.29) is 13.2 Å². The van der Waals surface area contributed by atoms with Crippen LogP contribution in [0.1, 0.15) is 10.4 Å². The van der Waals surface area contributed by atoms with Gasteiger partial charge < -0.3 is 9.64 Å². The fourth-order valence-corrected chi connectivity index (χ4v) is 2.07. The van der Waals surface area contributed by atoms with E-state index in [1.807, 2.05) is 0 Å². The summed E-state index contributed by atoms with van der Waals surface area (Å²) < 4.78 is 58.2. The number of amides is 1. The number of halogens is 5. The zero-order valence-corrected chi connectivity index (χ0v) is 13.2. The van der Waals surface area contributed by atoms with Crippen LogP contribution in [0.25, 0.3) is 0 Å². The Balaban J connectivity index is 2.02. The largest absolute Gasteiger partial charge is 0.492 e. The quantitative estimate of drug-likeness (QED) is 0.457. The first-order valence-electron chi connectivity index (χ1n) is 6.78. The molecule has 0 aliphatic heterocycles. The minimum Gasteiger partial charge on any atom is -0.492 e. The molecular formula is C16H12ClF4NO2. The Morgan fingerprint density at radius 1 is 1.12 bits per heavy atom. The zero-order chi connectivity index (χ0) is 17.9. The average molecular weight is 362 g/mol. The lowest BCUT2D eigenvalue weighted by molar-refractivity contribution is 0.0767. The molecule has 2 rings (SSSR count). The van der Waals surface area contributed by atoms with Crippen LogP contribution in [0.4, 0.5) is 17.6 Å². The molecule has 0 spiro atoms. The Morgan fingerprint density at radius 3 is 2.50 bits per heavy atom. The normalized spacial score (nSPS) is 10.6. The van der Waals surface area contributed by atoms with Crippen LogP contribution in [-0.2, 0) is 0 Å². The van der Waals surface area contributed by atoms with Gasteiger partial charge in [0.1, 0.15) is 12.4 Å². The topological polar surface area (TPSA) is 29.5 Å². The molecular weight excluding hydrogens is 350 g/mol. The van der Waals surface area contributed by atoms with Crippen molar-refractivity contribution < 1.29 is 27.1 Å². The van der Waals surface area contributed by atoms with E-state index in [0.717, 1.165) is 4.90 Å². The minimum absolute atomic E-state index is 0.00536. The molecule has 3 nitrogen and oxygen atoms in total. The number of carbonyl (C=O) groups excluding carboxylic acids is 1. The van der Waals surface area contributed by atoms with Gasteiger partial charge >= 0.3 is 0 Å². The molecule has 2 aromatic rings. The van der Waals surface area contributed by atoms with Crippen molar-refractivity contribution in [1.29, 1.82) is 0 Å². The number of rotatable bonds is 5. The maximum absolute atomic E-state index is 13.6. The Hall–Kier alpha value is -2.28. The first-order valence-corrected chi connectivity index (χ1v) is 7.16. The van der Waals surface area contributed by atoms with Crippen LogP contribution in [-0.4, -0.2) is 31.0 Å². The van der Waals surface area contributed by atoms with Crippen LogP contribution in [0, 0.1) is 23.3 Å². The Morgan fingerprint density at radius 2 is 1.83 bits per heavy atom. The van der Waals surface area contributed by atoms with Crippen LogP contribution in [0.15, 0.2) is 30.3 Å². The maximum atomic E-state index is 13.6. The fraction of sp³-hybridized carbons (Fsp3) is 0.188. The molecule has 128 valence electrons. The van der Waals surface area contributed by atoms with Gasteiger partial charge in [-0.25, -0.2) is 17.6 Å². The highest BCUT2D eigenvalue weighted by Gasteiger charge is 2.24. The predicted molar refractivity (Wildman–Crippen MR) is 80.2 cm³/mol. The monoisotopic (exact) mass is 361 g/mol. The summed E-state index contributed by atoms with van der Waals surface area (Å²) >= 11 is 5.79. The molecule has 0 radical (unpaired) electrons. The Labute approximate surface area is 140 Å². The highest BCUT2D eigenvalue weighted by Crippen LogP contribution is 2.20. The summed E-state index contributed by atoms with van der Waals surface area (Å²) in [7, 11) is 1.29. The summed E-state index contributed by atoms with van der Waals surface area (Å²) in [4.78, 5) is 13.0. The molecule has 0 saturated carbocycles. The van der Waals surface area contributed by atoms with Gasteiger partial charge in [0.2, 0.25) is 0 Å². The van der Waals surface area contributed by atoms with Crippen LogP contribution in [0.2, 0.25) is 5.02 Å². The van der Waals surface area contributed by atoms with Crippen LogP contribution < -0.4 is 4.74 Å². The van der Waals surface area contributed by atoms with Crippen molar-refractivity contribution in [3.63, 3.8) is 0 Å². The lowest BCUT2D eigenvalue weighted by Gasteiger charge is -2.18. The number of ether oxygens (including phenoxy) is 1. The van der Waals surface area contributed by atoms with Gasteiger partial charge in [0, 0.05) is 12.1 Å². The summed E-state index contributed by atoms with van der Waals surface area (Å²) in [5.41, 5.74) is -0.892. The molecule has 0 N–H and O–H groups in total. The number of nitrogens with zero attached hydrogens (tertiary/aromatic N) is 1. The van der Waals surface area contributed by atoms with Gasteiger partial charge in [-0.1, -0.05) is 17.7 Å². The third kappa shape index (κ3) is 3.97. The molecule has 0 aromatic heterocycles. The van der Waals surface area contributed by atoms with Gasteiger partial charge in [0.15, 0.2) is 23.3 Å². The Bertz CT molecular complexity index is 770. The van der Waals surface area contributed by atoms with E-state index in [2.05, 4.69) is 0 Å². The molecule has 0 bridgehead atoms. The van der Waals surface area contributed by atoms with Gasteiger partial charge in [0.05, 0.1) is 12.1 Å². The molecule has 0 aliphatic carbocycles. The number of likely N-dealkylation sites (N-methyl/N-ethyl adjacent to an activating group) is 1. The van der Waals surface area contributed by atoms with Gasteiger partial charge in [0.25, 0.3) is 5.91 Å². The van der Waals surface area contributed by atoms with Crippen LogP contribution >= 0.6 is 11.6 Å². The number of carbonyl (C=O) groups is 1. The van der Waals surface area contributed by atoms with Gasteiger partial charge in [-0.3, -0.25) is 4.79 Å². The van der Waals surface area contributed by atoms with Crippen molar-refractivity contribution in [3.05, 3.63) is 64.2 Å². The van der Waals surface area contributed by atoms with E-state index in [1.54, 1.807) is 24.3 Å². The Kier molecular flexibility index (Phi) is 5.66. The van der Waals surface area contributed by atoms with Gasteiger partial charge in [-0.15, -0.1) is 0 Å². The number of hydrogen-bond acceptors (Lipinski definition) is 2. The summed E-state index contributed by atoms with van der Waals surface area (Å²) in [5.74, 6) is -7.89. The molecule has 2 aromatic carbocycles. The first kappa shape index (κ1) is 18.1. The molecule has 0 saturated heterocycles. The summed E-state index contributed by atoms with van der Waals surface area (Å²) in [6.07, 6.45) is 0.